The molecule has 0 heteroatoms. The summed E-state index contributed by atoms with van der Waals surface area (Å²) in [6, 6.07) is 0. The maximum atomic E-state index is 3.74. The molecule has 0 aliphatic rings. The molecule has 0 aromatic heterocycles. The summed E-state index contributed by atoms with van der Waals surface area (Å²) in [7, 11) is 0. The van der Waals surface area contributed by atoms with Gasteiger partial charge in [0.1, 0.15) is 0 Å². The molecule has 0 N–H and O–H groups in total. The predicted molar refractivity (Wildman–Crippen MR) is 61.8 cm³/mol. The van der Waals surface area contributed by atoms with Crippen molar-refractivity contribution in [3.8, 4) is 0 Å². The SMILES string of the molecule is C=CC(C=C)C=CCCCCCC. The van der Waals surface area contributed by atoms with Crippen molar-refractivity contribution in [1.82, 2.24) is 0 Å². The molecule has 0 aliphatic heterocycles. The molecular weight excluding hydrogens is 156 g/mol. The molecule has 13 heavy (non-hydrogen) atoms. The van der Waals surface area contributed by atoms with Crippen LogP contribution < -0.4 is 0 Å². The minimum Gasteiger partial charge on any atom is -0.102 e. The second-order valence-corrected chi connectivity index (χ2v) is 3.33. The van der Waals surface area contributed by atoms with Gasteiger partial charge in [-0.3, -0.25) is 0 Å². The largest absolute Gasteiger partial charge is 0.102 e. The van der Waals surface area contributed by atoms with Crippen LogP contribution in [0.4, 0.5) is 0 Å². The molecule has 0 bridgehead atoms. The van der Waals surface area contributed by atoms with E-state index in [0.717, 1.165) is 0 Å². The molecule has 0 saturated heterocycles. The first-order valence-corrected chi connectivity index (χ1v) is 5.27. The maximum absolute atomic E-state index is 3.74. The quantitative estimate of drug-likeness (QED) is 0.379. The lowest BCUT2D eigenvalue weighted by molar-refractivity contribution is 0.673. The number of rotatable bonds is 8. The zero-order valence-corrected chi connectivity index (χ0v) is 8.84. The Morgan fingerprint density at radius 2 is 1.77 bits per heavy atom. The molecule has 0 spiro atoms. The summed E-state index contributed by atoms with van der Waals surface area (Å²) in [4.78, 5) is 0. The third kappa shape index (κ3) is 7.58. The average Bonchev–Trinajstić information content (AvgIpc) is 2.17. The van der Waals surface area contributed by atoms with Gasteiger partial charge in [-0.1, -0.05) is 50.5 Å². The highest BCUT2D eigenvalue weighted by Gasteiger charge is 1.89. The molecule has 0 aromatic rings. The molecule has 0 aliphatic carbocycles. The standard InChI is InChI=1S/C13H22/c1-4-7-8-9-10-11-12-13(5-2)6-3/h5-6,11-13H,2-4,7-10H2,1H3. The lowest BCUT2D eigenvalue weighted by Gasteiger charge is -1.98. The van der Waals surface area contributed by atoms with E-state index in [-0.39, 0.29) is 0 Å². The Kier molecular flexibility index (Phi) is 8.75. The summed E-state index contributed by atoms with van der Waals surface area (Å²) in [6.45, 7) is 9.71. The first-order chi connectivity index (χ1) is 6.35. The normalized spacial score (nSPS) is 10.9. The van der Waals surface area contributed by atoms with Gasteiger partial charge in [-0.15, -0.1) is 13.2 Å². The highest BCUT2D eigenvalue weighted by molar-refractivity contribution is 5.05. The van der Waals surface area contributed by atoms with Crippen LogP contribution in [0.25, 0.3) is 0 Å². The molecule has 0 atom stereocenters. The molecule has 0 nitrogen and oxygen atoms in total. The summed E-state index contributed by atoms with van der Waals surface area (Å²) in [5, 5.41) is 0. The second kappa shape index (κ2) is 9.31. The first-order valence-electron chi connectivity index (χ1n) is 5.27. The molecule has 0 saturated carbocycles. The van der Waals surface area contributed by atoms with E-state index in [4.69, 9.17) is 0 Å². The molecular formula is C13H22. The fraction of sp³-hybridized carbons (Fsp3) is 0.538. The third-order valence-electron chi connectivity index (χ3n) is 2.13. The van der Waals surface area contributed by atoms with Crippen LogP contribution in [0.2, 0.25) is 0 Å². The van der Waals surface area contributed by atoms with Crippen molar-refractivity contribution in [2.45, 2.75) is 39.0 Å². The van der Waals surface area contributed by atoms with Gasteiger partial charge < -0.3 is 0 Å². The van der Waals surface area contributed by atoms with Gasteiger partial charge in [-0.25, -0.2) is 0 Å². The van der Waals surface area contributed by atoms with Crippen LogP contribution in [0, 0.1) is 5.92 Å². The van der Waals surface area contributed by atoms with E-state index in [0.29, 0.717) is 5.92 Å². The highest BCUT2D eigenvalue weighted by Crippen LogP contribution is 2.06. The second-order valence-electron chi connectivity index (χ2n) is 3.33. The van der Waals surface area contributed by atoms with Crippen LogP contribution in [-0.2, 0) is 0 Å². The average molecular weight is 178 g/mol. The van der Waals surface area contributed by atoms with Crippen LogP contribution in [0.15, 0.2) is 37.5 Å². The zero-order valence-electron chi connectivity index (χ0n) is 8.84. The third-order valence-corrected chi connectivity index (χ3v) is 2.13. The summed E-state index contributed by atoms with van der Waals surface area (Å²) >= 11 is 0. The van der Waals surface area contributed by atoms with Gasteiger partial charge in [0.05, 0.1) is 0 Å². The Morgan fingerprint density at radius 1 is 1.08 bits per heavy atom. The summed E-state index contributed by atoms with van der Waals surface area (Å²) in [6.07, 6.45) is 14.8. The fourth-order valence-corrected chi connectivity index (χ4v) is 1.20. The van der Waals surface area contributed by atoms with Crippen molar-refractivity contribution in [2.75, 3.05) is 0 Å². The van der Waals surface area contributed by atoms with Crippen LogP contribution in [0.1, 0.15) is 39.0 Å². The van der Waals surface area contributed by atoms with Crippen LogP contribution >= 0.6 is 0 Å². The van der Waals surface area contributed by atoms with Crippen LogP contribution in [-0.4, -0.2) is 0 Å². The Hall–Kier alpha value is -0.780. The van der Waals surface area contributed by atoms with E-state index in [1.165, 1.54) is 32.1 Å². The maximum Gasteiger partial charge on any atom is 0.0122 e. The van der Waals surface area contributed by atoms with Gasteiger partial charge in [-0.2, -0.15) is 0 Å². The lowest BCUT2D eigenvalue weighted by atomic mass is 10.1. The summed E-state index contributed by atoms with van der Waals surface area (Å²) in [5.41, 5.74) is 0. The van der Waals surface area contributed by atoms with Gasteiger partial charge in [0, 0.05) is 5.92 Å². The van der Waals surface area contributed by atoms with Gasteiger partial charge in [0.15, 0.2) is 0 Å². The Morgan fingerprint density at radius 3 is 2.31 bits per heavy atom. The van der Waals surface area contributed by atoms with E-state index in [1.54, 1.807) is 0 Å². The minimum absolute atomic E-state index is 0.353. The van der Waals surface area contributed by atoms with Gasteiger partial charge in [0.25, 0.3) is 0 Å². The van der Waals surface area contributed by atoms with Crippen molar-refractivity contribution in [2.24, 2.45) is 5.92 Å². The summed E-state index contributed by atoms with van der Waals surface area (Å²) in [5.74, 6) is 0.353. The van der Waals surface area contributed by atoms with E-state index >= 15 is 0 Å². The Bertz CT molecular complexity index is 145. The van der Waals surface area contributed by atoms with E-state index in [9.17, 15) is 0 Å². The van der Waals surface area contributed by atoms with E-state index in [2.05, 4.69) is 32.2 Å². The molecule has 0 aromatic carbocycles. The van der Waals surface area contributed by atoms with Crippen molar-refractivity contribution in [1.29, 1.82) is 0 Å². The highest BCUT2D eigenvalue weighted by atomic mass is 13.9. The van der Waals surface area contributed by atoms with Gasteiger partial charge in [-0.05, 0) is 12.8 Å². The number of allylic oxidation sites excluding steroid dienone is 4. The number of hydrogen-bond donors (Lipinski definition) is 0. The zero-order chi connectivity index (χ0) is 9.94. The van der Waals surface area contributed by atoms with Gasteiger partial charge in [0.2, 0.25) is 0 Å². The van der Waals surface area contributed by atoms with Crippen LogP contribution in [0.3, 0.4) is 0 Å². The van der Waals surface area contributed by atoms with Crippen molar-refractivity contribution in [3.63, 3.8) is 0 Å². The monoisotopic (exact) mass is 178 g/mol. The molecule has 0 unspecified atom stereocenters. The predicted octanol–water partition coefficient (Wildman–Crippen LogP) is 4.50. The number of unbranched alkanes of at least 4 members (excludes halogenated alkanes) is 4. The molecule has 0 fully saturated rings. The fourth-order valence-electron chi connectivity index (χ4n) is 1.20. The number of hydrogen-bond acceptors (Lipinski definition) is 0. The topological polar surface area (TPSA) is 0 Å². The van der Waals surface area contributed by atoms with Crippen molar-refractivity contribution < 1.29 is 0 Å². The smallest absolute Gasteiger partial charge is 0.0122 e. The van der Waals surface area contributed by atoms with E-state index in [1.807, 2.05) is 12.2 Å². The molecule has 0 radical (unpaired) electrons. The van der Waals surface area contributed by atoms with E-state index < -0.39 is 0 Å². The minimum atomic E-state index is 0.353. The molecule has 74 valence electrons. The van der Waals surface area contributed by atoms with Gasteiger partial charge >= 0.3 is 0 Å². The molecule has 0 rings (SSSR count). The summed E-state index contributed by atoms with van der Waals surface area (Å²) < 4.78 is 0. The Balaban J connectivity index is 3.39. The Labute approximate surface area is 83.0 Å². The van der Waals surface area contributed by atoms with Crippen molar-refractivity contribution in [3.05, 3.63) is 37.5 Å². The van der Waals surface area contributed by atoms with Crippen LogP contribution in [0.5, 0.6) is 0 Å². The van der Waals surface area contributed by atoms with Crippen molar-refractivity contribution >= 4 is 0 Å². The lowest BCUT2D eigenvalue weighted by Crippen LogP contribution is -1.82. The molecule has 0 amide bonds. The molecule has 0 heterocycles. The first kappa shape index (κ1) is 12.2.